The number of benzene rings is 2. The van der Waals surface area contributed by atoms with Gasteiger partial charge >= 0.3 is 0 Å². The zero-order valence-electron chi connectivity index (χ0n) is 22.5. The number of hydrogen-bond donors (Lipinski definition) is 1. The number of rotatable bonds is 11. The molecule has 2 heterocycles. The Kier molecular flexibility index (Phi) is 8.41. The van der Waals surface area contributed by atoms with E-state index in [1.807, 2.05) is 4.72 Å². The number of nitrogens with one attached hydrogen (secondary N) is 1. The molecule has 0 fully saturated rings. The molecule has 0 bridgehead atoms. The highest BCUT2D eigenvalue weighted by molar-refractivity contribution is 8.00. The Balaban J connectivity index is 1.20. The van der Waals surface area contributed by atoms with Crippen LogP contribution < -0.4 is 14.2 Å². The van der Waals surface area contributed by atoms with Crippen molar-refractivity contribution in [3.8, 4) is 11.5 Å². The summed E-state index contributed by atoms with van der Waals surface area (Å²) >= 11 is 0. The first-order valence-corrected chi connectivity index (χ1v) is 15.8. The van der Waals surface area contributed by atoms with Gasteiger partial charge in [-0.2, -0.15) is 0 Å². The van der Waals surface area contributed by atoms with Crippen molar-refractivity contribution >= 4 is 41.7 Å². The molecule has 0 atom stereocenters. The highest BCUT2D eigenvalue weighted by atomic mass is 32.2. The van der Waals surface area contributed by atoms with Crippen molar-refractivity contribution in [2.24, 2.45) is 0 Å². The van der Waals surface area contributed by atoms with Crippen LogP contribution in [0.25, 0.3) is 9.81 Å². The van der Waals surface area contributed by atoms with E-state index in [0.717, 1.165) is 42.1 Å². The molecule has 2 aliphatic heterocycles. The molecule has 0 spiro atoms. The second kappa shape index (κ2) is 11.5. The van der Waals surface area contributed by atoms with Gasteiger partial charge in [0.05, 0.1) is 18.8 Å². The van der Waals surface area contributed by atoms with Gasteiger partial charge in [0.25, 0.3) is 31.9 Å². The lowest BCUT2D eigenvalue weighted by Gasteiger charge is -2.30. The topological polar surface area (TPSA) is 136 Å². The Morgan fingerprint density at radius 2 is 1.27 bits per heavy atom. The largest absolute Gasteiger partial charge is 0.494 e. The summed E-state index contributed by atoms with van der Waals surface area (Å²) in [4.78, 5) is 23.7. The van der Waals surface area contributed by atoms with Crippen LogP contribution in [-0.4, -0.2) is 51.7 Å². The summed E-state index contributed by atoms with van der Waals surface area (Å²) in [5, 5.41) is 0. The quantitative estimate of drug-likeness (QED) is 0.392. The van der Waals surface area contributed by atoms with Gasteiger partial charge in [-0.25, -0.2) is 25.9 Å². The molecule has 12 heteroatoms. The molecule has 0 aliphatic carbocycles. The van der Waals surface area contributed by atoms with Crippen LogP contribution in [0.5, 0.6) is 11.5 Å². The molecule has 0 aromatic heterocycles. The van der Waals surface area contributed by atoms with Crippen molar-refractivity contribution in [1.29, 1.82) is 0 Å². The maximum absolute atomic E-state index is 13.0. The molecule has 0 saturated heterocycles. The normalized spacial score (nSPS) is 17.8. The average Bonchev–Trinajstić information content (AvgIpc) is 3.29. The second-order valence-corrected chi connectivity index (χ2v) is 13.8. The fourth-order valence-corrected chi connectivity index (χ4v) is 7.47. The summed E-state index contributed by atoms with van der Waals surface area (Å²) in [6, 6.07) is 13.3. The number of unbranched alkanes of at least 4 members (excludes halogenated alkanes) is 3. The monoisotopic (exact) mass is 588 g/mol. The third-order valence-corrected chi connectivity index (χ3v) is 9.70. The highest BCUT2D eigenvalue weighted by Gasteiger charge is 2.44. The molecule has 1 N–H and O–H groups in total. The SMILES string of the molecule is CC(C)(C)N1C(=O)C=C(c2cccc(OCCCCCCOc3cccc(C4=CC(=O)NS4(=O)=O)c3)c2)S1(=O)=O. The third-order valence-electron chi connectivity index (χ3n) is 6.18. The summed E-state index contributed by atoms with van der Waals surface area (Å²) < 4.78 is 64.4. The lowest BCUT2D eigenvalue weighted by Crippen LogP contribution is -2.45. The number of carbonyl (C=O) groups is 2. The van der Waals surface area contributed by atoms with Gasteiger partial charge in [-0.15, -0.1) is 0 Å². The molecule has 10 nitrogen and oxygen atoms in total. The molecule has 40 heavy (non-hydrogen) atoms. The summed E-state index contributed by atoms with van der Waals surface area (Å²) in [6.07, 6.45) is 5.55. The van der Waals surface area contributed by atoms with Crippen LogP contribution in [-0.2, 0) is 29.6 Å². The number of carbonyl (C=O) groups excluding carboxylic acids is 2. The van der Waals surface area contributed by atoms with E-state index in [1.165, 1.54) is 0 Å². The van der Waals surface area contributed by atoms with Crippen LogP contribution in [0, 0.1) is 0 Å². The summed E-state index contributed by atoms with van der Waals surface area (Å²) in [5.74, 6) is -0.183. The average molecular weight is 589 g/mol. The Morgan fingerprint density at radius 1 is 0.750 bits per heavy atom. The van der Waals surface area contributed by atoms with Crippen LogP contribution in [0.15, 0.2) is 60.7 Å². The summed E-state index contributed by atoms with van der Waals surface area (Å²) in [6.45, 7) is 5.92. The fourth-order valence-electron chi connectivity index (χ4n) is 4.45. The van der Waals surface area contributed by atoms with Crippen LogP contribution in [0.3, 0.4) is 0 Å². The molecule has 2 aromatic carbocycles. The first-order valence-electron chi connectivity index (χ1n) is 12.9. The van der Waals surface area contributed by atoms with Gasteiger partial charge in [0.2, 0.25) is 0 Å². The first-order chi connectivity index (χ1) is 18.8. The molecule has 0 radical (unpaired) electrons. The number of nitrogens with zero attached hydrogens (tertiary/aromatic N) is 1. The predicted octanol–water partition coefficient (Wildman–Crippen LogP) is 3.82. The minimum absolute atomic E-state index is 0.0323. The Morgan fingerprint density at radius 3 is 1.73 bits per heavy atom. The maximum Gasteiger partial charge on any atom is 0.268 e. The zero-order valence-corrected chi connectivity index (χ0v) is 24.2. The van der Waals surface area contributed by atoms with E-state index in [4.69, 9.17) is 9.47 Å². The molecule has 4 rings (SSSR count). The van der Waals surface area contributed by atoms with E-state index in [0.29, 0.717) is 35.8 Å². The molecule has 214 valence electrons. The molecule has 2 aliphatic rings. The van der Waals surface area contributed by atoms with Gasteiger partial charge in [-0.05, 0) is 81.8 Å². The second-order valence-electron chi connectivity index (χ2n) is 10.4. The van der Waals surface area contributed by atoms with Crippen molar-refractivity contribution in [3.63, 3.8) is 0 Å². The Hall–Kier alpha value is -3.64. The van der Waals surface area contributed by atoms with Gasteiger partial charge in [0.1, 0.15) is 21.3 Å². The van der Waals surface area contributed by atoms with E-state index < -0.39 is 37.4 Å². The molecule has 0 unspecified atom stereocenters. The molecule has 2 amide bonds. The Bertz CT molecular complexity index is 1590. The Labute approximate surface area is 234 Å². The van der Waals surface area contributed by atoms with Gasteiger partial charge in [-0.1, -0.05) is 24.3 Å². The molecule has 2 aromatic rings. The van der Waals surface area contributed by atoms with Gasteiger partial charge in [0, 0.05) is 12.2 Å². The van der Waals surface area contributed by atoms with E-state index in [9.17, 15) is 26.4 Å². The fraction of sp³-hybridized carbons (Fsp3) is 0.357. The minimum atomic E-state index is -3.95. The van der Waals surface area contributed by atoms with E-state index in [-0.39, 0.29) is 9.81 Å². The third kappa shape index (κ3) is 6.56. The standard InChI is InChI=1S/C28H32N2O8S2/c1-28(2,3)30-27(32)19-25(40(30,35)36)21-11-9-13-23(17-21)38-15-7-5-4-6-14-37-22-12-8-10-20(16-22)24-18-26(31)29-39(24,33)34/h8-13,16-19H,4-7,14-15H2,1-3H3,(H,29,31). The van der Waals surface area contributed by atoms with Crippen LogP contribution >= 0.6 is 0 Å². The lowest BCUT2D eigenvalue weighted by atomic mass is 10.1. The van der Waals surface area contributed by atoms with Gasteiger partial charge in [0.15, 0.2) is 0 Å². The zero-order chi connectivity index (χ0) is 29.1. The van der Waals surface area contributed by atoms with Crippen molar-refractivity contribution in [2.75, 3.05) is 13.2 Å². The number of sulfonamides is 2. The smallest absolute Gasteiger partial charge is 0.268 e. The first kappa shape index (κ1) is 29.3. The van der Waals surface area contributed by atoms with E-state index in [2.05, 4.69) is 0 Å². The van der Waals surface area contributed by atoms with Crippen molar-refractivity contribution < 1.29 is 35.9 Å². The predicted molar refractivity (Wildman–Crippen MR) is 151 cm³/mol. The summed E-state index contributed by atoms with van der Waals surface area (Å²) in [5.41, 5.74) is -0.0757. The highest BCUT2D eigenvalue weighted by Crippen LogP contribution is 2.36. The summed E-state index contributed by atoms with van der Waals surface area (Å²) in [7, 11) is -7.78. The maximum atomic E-state index is 13.0. The van der Waals surface area contributed by atoms with Crippen molar-refractivity contribution in [2.45, 2.75) is 52.0 Å². The van der Waals surface area contributed by atoms with Crippen LogP contribution in [0.1, 0.15) is 57.6 Å². The van der Waals surface area contributed by atoms with Gasteiger partial charge < -0.3 is 9.47 Å². The van der Waals surface area contributed by atoms with Crippen LogP contribution in [0.2, 0.25) is 0 Å². The van der Waals surface area contributed by atoms with Crippen molar-refractivity contribution in [1.82, 2.24) is 9.03 Å². The molecular formula is C28H32N2O8S2. The lowest BCUT2D eigenvalue weighted by molar-refractivity contribution is -0.124. The van der Waals surface area contributed by atoms with E-state index >= 15 is 0 Å². The minimum Gasteiger partial charge on any atom is -0.494 e. The van der Waals surface area contributed by atoms with Crippen molar-refractivity contribution in [3.05, 3.63) is 71.8 Å². The number of amides is 2. The van der Waals surface area contributed by atoms with Gasteiger partial charge in [-0.3, -0.25) is 9.59 Å². The van der Waals surface area contributed by atoms with Crippen LogP contribution in [0.4, 0.5) is 0 Å². The van der Waals surface area contributed by atoms with E-state index in [1.54, 1.807) is 69.3 Å². The number of ether oxygens (including phenoxy) is 2. The number of hydrogen-bond acceptors (Lipinski definition) is 8. The molecular weight excluding hydrogens is 556 g/mol. The molecule has 0 saturated carbocycles.